The molecule has 6 aromatic heterocycles. The van der Waals surface area contributed by atoms with E-state index in [0.29, 0.717) is 20.9 Å². The Morgan fingerprint density at radius 2 is 0.803 bits per heavy atom. The summed E-state index contributed by atoms with van der Waals surface area (Å²) < 4.78 is 118. The van der Waals surface area contributed by atoms with Crippen molar-refractivity contribution in [3.8, 4) is 0 Å². The van der Waals surface area contributed by atoms with Gasteiger partial charge in [0, 0.05) is 30.0 Å². The third-order valence-corrected chi connectivity index (χ3v) is 24.2. The number of ketones is 2. The second kappa shape index (κ2) is 46.7. The fourth-order valence-corrected chi connectivity index (χ4v) is 16.7. The molecule has 12 aromatic rings. The van der Waals surface area contributed by atoms with Crippen molar-refractivity contribution in [2.75, 3.05) is 48.6 Å². The number of carboxylic acids is 2. The van der Waals surface area contributed by atoms with Crippen LogP contribution in [-0.2, 0) is 104 Å². The van der Waals surface area contributed by atoms with E-state index in [-0.39, 0.29) is 94.4 Å². The quantitative estimate of drug-likeness (QED) is 0.0122. The molecule has 5 N–H and O–H groups in total. The first-order valence-electron chi connectivity index (χ1n) is 46.3. The summed E-state index contributed by atoms with van der Waals surface area (Å²) in [6, 6.07) is 40.5. The van der Waals surface area contributed by atoms with Crippen molar-refractivity contribution in [2.45, 2.75) is 244 Å². The molecule has 6 aromatic carbocycles. The predicted molar refractivity (Wildman–Crippen MR) is 535 cm³/mol. The average molecular weight is 2170 g/mol. The number of hydrogen-bond acceptors (Lipinski definition) is 33. The number of carbonyl (C=O) groups excluding carboxylic acids is 8. The number of ether oxygens (including phenoxy) is 12. The summed E-state index contributed by atoms with van der Waals surface area (Å²) in [6.07, 6.45) is -17.5. The minimum absolute atomic E-state index is 0.000699. The lowest BCUT2D eigenvalue weighted by Crippen LogP contribution is -2.52. The number of amides is 4. The first kappa shape index (κ1) is 113. The van der Waals surface area contributed by atoms with Crippen LogP contribution >= 0.6 is 50.7 Å². The summed E-state index contributed by atoms with van der Waals surface area (Å²) in [5.74, 6) is -8.75. The highest BCUT2D eigenvalue weighted by Gasteiger charge is 2.55. The predicted octanol–water partition coefficient (Wildman–Crippen LogP) is 17.6. The highest BCUT2D eigenvalue weighted by atomic mass is 79.9. The van der Waals surface area contributed by atoms with Crippen molar-refractivity contribution in [3.05, 3.63) is 179 Å². The maximum absolute atomic E-state index is 16.2. The maximum Gasteiger partial charge on any atom is 0.425 e. The fraction of sp³-hybridized carbons (Fsp3) is 0.450. The highest BCUT2D eigenvalue weighted by molar-refractivity contribution is 9.08. The maximum atomic E-state index is 16.2. The van der Waals surface area contributed by atoms with Gasteiger partial charge in [-0.1, -0.05) is 157 Å². The Balaban J connectivity index is 0.000000187. The number of aromatic nitrogens is 12. The molecule has 3 aliphatic rings. The van der Waals surface area contributed by atoms with Crippen LogP contribution in [0.15, 0.2) is 146 Å². The Morgan fingerprint density at radius 3 is 1.18 bits per heavy atom. The van der Waals surface area contributed by atoms with Gasteiger partial charge in [-0.2, -0.15) is 39.7 Å². The molecule has 4 amide bonds. The zero-order valence-electron chi connectivity index (χ0n) is 83.3. The Hall–Kier alpha value is -12.9. The number of imide groups is 2. The highest BCUT2D eigenvalue weighted by Crippen LogP contribution is 2.44. The van der Waals surface area contributed by atoms with Gasteiger partial charge >= 0.3 is 48.3 Å². The average Bonchev–Trinajstić information content (AvgIpc) is 1.61. The number of halogens is 7. The molecule has 0 bridgehead atoms. The number of Topliss-reactive ketones (excluding diaryl/α,β-unsaturated/α-hetero) is 2. The molecule has 14 atom stereocenters. The lowest BCUT2D eigenvalue weighted by Gasteiger charge is -2.31. The molecule has 0 spiro atoms. The number of esters is 2. The minimum atomic E-state index is -2.73. The van der Waals surface area contributed by atoms with Crippen LogP contribution in [-0.4, -0.2) is 249 Å². The van der Waals surface area contributed by atoms with Gasteiger partial charge < -0.3 is 77.9 Å². The Bertz CT molecular complexity index is 6830. The van der Waals surface area contributed by atoms with Crippen LogP contribution < -0.4 is 15.5 Å². The van der Waals surface area contributed by atoms with Gasteiger partial charge in [0.25, 0.3) is 5.60 Å². The number of rotatable bonds is 27. The second-order valence-corrected chi connectivity index (χ2v) is 40.2. The number of aliphatic hydroxyl groups is 1. The lowest BCUT2D eigenvalue weighted by atomic mass is 9.89. The summed E-state index contributed by atoms with van der Waals surface area (Å²) in [4.78, 5) is 167. The van der Waals surface area contributed by atoms with Crippen LogP contribution in [0.5, 0.6) is 0 Å². The third kappa shape index (κ3) is 26.6. The van der Waals surface area contributed by atoms with Crippen LogP contribution in [0, 0.1) is 11.8 Å². The summed E-state index contributed by atoms with van der Waals surface area (Å²) >= 11 is 21.8. The van der Waals surface area contributed by atoms with Crippen molar-refractivity contribution in [3.63, 3.8) is 0 Å². The molecular formula is C100H112BrCl3F3N15O25. The number of alkyl halides is 4. The van der Waals surface area contributed by atoms with Crippen molar-refractivity contribution < 1.29 is 133 Å². The molecule has 0 aliphatic carbocycles. The van der Waals surface area contributed by atoms with Gasteiger partial charge in [0.1, 0.15) is 40.1 Å². The number of nitrogens with zero attached hydrogens (tertiary/aromatic N) is 14. The topological polar surface area (TPSA) is 505 Å². The number of anilines is 3. The Labute approximate surface area is 864 Å². The van der Waals surface area contributed by atoms with Crippen LogP contribution in [0.2, 0.25) is 15.9 Å². The summed E-state index contributed by atoms with van der Waals surface area (Å²) in [7, 11) is 0. The zero-order chi connectivity index (χ0) is 108. The molecule has 47 heteroatoms. The van der Waals surface area contributed by atoms with E-state index in [1.54, 1.807) is 141 Å². The third-order valence-electron chi connectivity index (χ3n) is 23.0. The molecule has 147 heavy (non-hydrogen) atoms. The second-order valence-electron chi connectivity index (χ2n) is 38.6. The number of aliphatic carboxylic acids is 2. The molecule has 786 valence electrons. The largest absolute Gasteiger partial charge is 0.479 e. The molecule has 9 heterocycles. The number of nitrogen functional groups attached to an aromatic ring is 1. The number of nitrogens with two attached hydrogens (primary N) is 1. The van der Waals surface area contributed by atoms with E-state index < -0.39 is 191 Å². The van der Waals surface area contributed by atoms with Crippen LogP contribution in [0.4, 0.5) is 49.8 Å². The van der Waals surface area contributed by atoms with E-state index in [0.717, 1.165) is 31.4 Å². The first-order chi connectivity index (χ1) is 69.1. The number of fused-ring (bicyclic) bond motifs is 6. The smallest absolute Gasteiger partial charge is 0.425 e. The van der Waals surface area contributed by atoms with Crippen molar-refractivity contribution in [2.24, 2.45) is 11.8 Å². The molecule has 3 saturated heterocycles. The number of aliphatic hydroxyl groups excluding tert-OH is 1. The number of hydrogen-bond donors (Lipinski definition) is 4. The first-order valence-corrected chi connectivity index (χ1v) is 48.6. The molecule has 0 saturated carbocycles. The molecule has 15 rings (SSSR count). The van der Waals surface area contributed by atoms with Gasteiger partial charge in [-0.25, -0.2) is 66.5 Å². The van der Waals surface area contributed by atoms with Crippen molar-refractivity contribution in [1.82, 2.24) is 58.6 Å². The molecular weight excluding hydrogens is 2050 g/mol. The summed E-state index contributed by atoms with van der Waals surface area (Å²) in [6.45, 7) is 26.8. The van der Waals surface area contributed by atoms with Gasteiger partial charge in [0.05, 0.1) is 64.2 Å². The number of carboxylic acid groups (broad SMARTS) is 2. The van der Waals surface area contributed by atoms with E-state index in [1.165, 1.54) is 58.3 Å². The fourth-order valence-electron chi connectivity index (χ4n) is 15.8. The summed E-state index contributed by atoms with van der Waals surface area (Å²) in [5.41, 5.74) is -0.775. The van der Waals surface area contributed by atoms with Crippen molar-refractivity contribution >= 4 is 194 Å². The molecule has 40 nitrogen and oxygen atoms in total. The van der Waals surface area contributed by atoms with Gasteiger partial charge in [-0.05, 0) is 195 Å². The van der Waals surface area contributed by atoms with E-state index >= 15 is 13.2 Å². The summed E-state index contributed by atoms with van der Waals surface area (Å²) in [5, 5.41) is 36.4. The molecule has 3 aliphatic heterocycles. The van der Waals surface area contributed by atoms with Crippen LogP contribution in [0.3, 0.4) is 0 Å². The number of imidazole rings is 3. The lowest BCUT2D eigenvalue weighted by molar-refractivity contribution is -0.190. The Kier molecular flexibility index (Phi) is 35.8. The van der Waals surface area contributed by atoms with Crippen LogP contribution in [0.25, 0.3) is 65.8 Å². The molecule has 3 fully saturated rings. The van der Waals surface area contributed by atoms with E-state index in [2.05, 4.69) is 103 Å². The van der Waals surface area contributed by atoms with Gasteiger partial charge in [-0.15, -0.1) is 0 Å². The van der Waals surface area contributed by atoms with Gasteiger partial charge in [0.2, 0.25) is 27.6 Å². The normalized spacial score (nSPS) is 20.1. The van der Waals surface area contributed by atoms with E-state index in [9.17, 15) is 63.3 Å². The van der Waals surface area contributed by atoms with Crippen molar-refractivity contribution in [1.29, 1.82) is 0 Å². The number of carbonyl (C=O) groups is 10. The standard InChI is InChI=1S/C38H45ClFN5O9.C27H37ClFN5O9.C24H21ClFN5O7.C11H9Br/c1-10-50-32(47)38(22(3)46,18-23-15-16-24-13-11-12-14-25(24)17-23)51-19-26-21(2)27(40)31(52-26)44-20-41-28-29(44)42-33(39)43-30(28)45(34(48)53-36(4,5)6)35(49)54-37(7,8)9;1-10-39-22(36)18(14(3)35)40-11-15-13(2)16(29)21(41-15)33-12-30-17-19(33)31-23(28)32-20(17)34(24(37)42-26(4,5)6)25(38)43-27(7,8)9;25-23-29-18(27)16-19(30-23)31(10-28-16)20-15(26)17(32)14(38-20)9-37-24(21(33)34,22(35)36)8-11-5-6-12-3-1-2-4-13(12)7-11;12-8-9-5-6-10-3-1-2-4-11(10)7-9/h11-17,20-21,26-27,31H,10,18-19H2,1-9H3;12-13,15-16,18,21H,10-11H2,1-9H3;1-7,10,14-15,17,20,32H,8-9H2,(H,33,34)(H,35,36)(H2,27,29,30);1-7H,8H2/t21-,26-,27+,31-,38?;13-,15-,16+,18?,21-;14-,15+,17-,20-;/m111./s1. The zero-order valence-corrected chi connectivity index (χ0v) is 87.2. The molecule has 0 radical (unpaired) electrons. The van der Waals surface area contributed by atoms with Gasteiger partial charge in [0.15, 0.2) is 94.2 Å². The minimum Gasteiger partial charge on any atom is -0.479 e. The van der Waals surface area contributed by atoms with Crippen LogP contribution in [0.1, 0.15) is 160 Å². The Morgan fingerprint density at radius 1 is 0.463 bits per heavy atom. The monoisotopic (exact) mass is 2160 g/mol. The van der Waals surface area contributed by atoms with E-state index in [1.807, 2.05) is 54.6 Å². The number of benzene rings is 6. The van der Waals surface area contributed by atoms with Gasteiger partial charge in [-0.3, -0.25) is 23.3 Å². The molecule has 2 unspecified atom stereocenters. The van der Waals surface area contributed by atoms with E-state index in [4.69, 9.17) is 97.4 Å². The SMILES string of the molecule is BrCc1ccc2ccccc2c1.CCOC(=O)C(Cc1ccc2ccccc2c1)(OC[C@H]1O[C@@H](n2cnc3c(N(C(=O)OC(C)(C)C)C(=O)OC(C)(C)C)nc(Cl)nc32)[C@@H](F)[C@@H]1C)C(C)=O.CCOC(=O)C(OC[C@H]1O[C@@H](n2cnc3c(N(C(=O)OC(C)(C)C)C(=O)OC(C)(C)C)nc(Cl)nc32)[C@@H](F)[C@@H]1C)C(C)=O.Nc1nc(Cl)nc2c1ncn2[C@@H]1O[C@H](COC(Cc2ccc3ccccc3c2)(C(=O)O)C(=O)O)[C@@H](O)[C@@H]1F.